The third-order valence-electron chi connectivity index (χ3n) is 2.78. The number of ether oxygens (including phenoxy) is 1. The fraction of sp³-hybridized carbons (Fsp3) is 0.417. The summed E-state index contributed by atoms with van der Waals surface area (Å²) in [6, 6.07) is 7.28. The van der Waals surface area contributed by atoms with Crippen molar-refractivity contribution in [3.05, 3.63) is 29.8 Å². The maximum atomic E-state index is 12.0. The van der Waals surface area contributed by atoms with E-state index in [1.807, 2.05) is 25.1 Å². The van der Waals surface area contributed by atoms with E-state index in [0.717, 1.165) is 6.42 Å². The van der Waals surface area contributed by atoms with E-state index in [9.17, 15) is 4.79 Å². The minimum atomic E-state index is -0.243. The molecular weight excluding hydrogens is 222 g/mol. The lowest BCUT2D eigenvalue weighted by Crippen LogP contribution is -2.46. The molecule has 1 amide bonds. The van der Waals surface area contributed by atoms with Crippen molar-refractivity contribution in [2.75, 3.05) is 13.2 Å². The van der Waals surface area contributed by atoms with Crippen molar-refractivity contribution in [2.24, 2.45) is 0 Å². The van der Waals surface area contributed by atoms with Gasteiger partial charge in [0.05, 0.1) is 17.7 Å². The molecule has 1 aliphatic heterocycles. The van der Waals surface area contributed by atoms with Gasteiger partial charge in [-0.2, -0.15) is 0 Å². The Labute approximate surface area is 101 Å². The lowest BCUT2D eigenvalue weighted by atomic mass is 10.0. The van der Waals surface area contributed by atoms with Gasteiger partial charge in [0.2, 0.25) is 0 Å². The summed E-state index contributed by atoms with van der Waals surface area (Å²) in [5, 5.41) is 3.00. The molecule has 0 aromatic heterocycles. The van der Waals surface area contributed by atoms with Gasteiger partial charge in [0.1, 0.15) is 0 Å². The zero-order valence-electron chi connectivity index (χ0n) is 9.19. The van der Waals surface area contributed by atoms with E-state index in [2.05, 4.69) is 17.9 Å². The van der Waals surface area contributed by atoms with Gasteiger partial charge < -0.3 is 10.1 Å². The van der Waals surface area contributed by atoms with Crippen molar-refractivity contribution in [3.8, 4) is 0 Å². The Morgan fingerprint density at radius 3 is 2.88 bits per heavy atom. The van der Waals surface area contributed by atoms with E-state index in [1.54, 1.807) is 6.07 Å². The number of carbonyl (C=O) groups is 1. The number of benzene rings is 1. The summed E-state index contributed by atoms with van der Waals surface area (Å²) in [6.07, 6.45) is 0.855. The van der Waals surface area contributed by atoms with Crippen LogP contribution in [0.5, 0.6) is 0 Å². The molecule has 0 bridgehead atoms. The molecule has 16 heavy (non-hydrogen) atoms. The number of hydrogen-bond acceptors (Lipinski definition) is 3. The third-order valence-corrected chi connectivity index (χ3v) is 3.17. The fourth-order valence-corrected chi connectivity index (χ4v) is 2.03. The largest absolute Gasteiger partial charge is 0.379 e. The van der Waals surface area contributed by atoms with Crippen LogP contribution in [-0.4, -0.2) is 24.7 Å². The van der Waals surface area contributed by atoms with Crippen LogP contribution in [0.1, 0.15) is 23.7 Å². The fourth-order valence-electron chi connectivity index (χ4n) is 1.77. The van der Waals surface area contributed by atoms with Gasteiger partial charge in [-0.05, 0) is 25.5 Å². The number of carbonyl (C=O) groups excluding carboxylic acids is 1. The van der Waals surface area contributed by atoms with Crippen LogP contribution in [-0.2, 0) is 4.74 Å². The molecule has 1 aromatic rings. The maximum absolute atomic E-state index is 12.0. The predicted molar refractivity (Wildman–Crippen MR) is 65.0 cm³/mol. The Balaban J connectivity index is 2.11. The minimum Gasteiger partial charge on any atom is -0.379 e. The first-order chi connectivity index (χ1) is 7.61. The first-order valence-electron chi connectivity index (χ1n) is 5.29. The number of thiol groups is 1. The van der Waals surface area contributed by atoms with Gasteiger partial charge in [-0.15, -0.1) is 12.6 Å². The van der Waals surface area contributed by atoms with E-state index in [0.29, 0.717) is 23.7 Å². The smallest absolute Gasteiger partial charge is 0.252 e. The van der Waals surface area contributed by atoms with E-state index in [4.69, 9.17) is 4.74 Å². The second-order valence-electron chi connectivity index (χ2n) is 4.33. The normalized spacial score (nSPS) is 24.4. The predicted octanol–water partition coefficient (Wildman–Crippen LogP) is 1.88. The van der Waals surface area contributed by atoms with Crippen LogP contribution < -0.4 is 5.32 Å². The Kier molecular flexibility index (Phi) is 3.21. The molecular formula is C12H15NO2S. The number of hydrogen-bond donors (Lipinski definition) is 2. The van der Waals surface area contributed by atoms with Gasteiger partial charge >= 0.3 is 0 Å². The van der Waals surface area contributed by atoms with Crippen LogP contribution in [0.2, 0.25) is 0 Å². The van der Waals surface area contributed by atoms with Crippen molar-refractivity contribution in [3.63, 3.8) is 0 Å². The van der Waals surface area contributed by atoms with Crippen molar-refractivity contribution >= 4 is 18.5 Å². The minimum absolute atomic E-state index is 0.0846. The molecule has 0 aliphatic carbocycles. The molecule has 2 rings (SSSR count). The Morgan fingerprint density at radius 2 is 2.25 bits per heavy atom. The molecule has 1 atom stereocenters. The van der Waals surface area contributed by atoms with Crippen LogP contribution in [0.15, 0.2) is 29.2 Å². The maximum Gasteiger partial charge on any atom is 0.252 e. The number of rotatable bonds is 2. The molecule has 0 spiro atoms. The molecule has 1 saturated heterocycles. The zero-order chi connectivity index (χ0) is 11.6. The molecule has 3 nitrogen and oxygen atoms in total. The monoisotopic (exact) mass is 237 g/mol. The number of amides is 1. The van der Waals surface area contributed by atoms with Crippen LogP contribution in [0.3, 0.4) is 0 Å². The lowest BCUT2D eigenvalue weighted by Gasteiger charge is -2.23. The molecule has 1 heterocycles. The van der Waals surface area contributed by atoms with Crippen molar-refractivity contribution in [1.29, 1.82) is 0 Å². The van der Waals surface area contributed by atoms with Crippen LogP contribution in [0.25, 0.3) is 0 Å². The lowest BCUT2D eigenvalue weighted by molar-refractivity contribution is 0.0887. The molecule has 1 fully saturated rings. The average molecular weight is 237 g/mol. The van der Waals surface area contributed by atoms with Crippen molar-refractivity contribution < 1.29 is 9.53 Å². The summed E-state index contributed by atoms with van der Waals surface area (Å²) in [5.41, 5.74) is 0.367. The van der Waals surface area contributed by atoms with E-state index in [-0.39, 0.29) is 11.4 Å². The highest BCUT2D eigenvalue weighted by atomic mass is 32.1. The highest BCUT2D eigenvalue weighted by Gasteiger charge is 2.31. The van der Waals surface area contributed by atoms with Crippen LogP contribution in [0, 0.1) is 0 Å². The van der Waals surface area contributed by atoms with Crippen molar-refractivity contribution in [1.82, 2.24) is 5.32 Å². The van der Waals surface area contributed by atoms with Gasteiger partial charge in [0, 0.05) is 11.5 Å². The Morgan fingerprint density at radius 1 is 1.50 bits per heavy atom. The average Bonchev–Trinajstić information content (AvgIpc) is 2.65. The Hall–Kier alpha value is -1.00. The first kappa shape index (κ1) is 11.5. The highest BCUT2D eigenvalue weighted by molar-refractivity contribution is 7.80. The van der Waals surface area contributed by atoms with Gasteiger partial charge in [0.15, 0.2) is 0 Å². The van der Waals surface area contributed by atoms with Gasteiger partial charge in [-0.25, -0.2) is 0 Å². The summed E-state index contributed by atoms with van der Waals surface area (Å²) in [5.74, 6) is -0.0846. The SMILES string of the molecule is CC1(NC(=O)c2ccccc2S)CCOC1. The van der Waals surface area contributed by atoms with Crippen molar-refractivity contribution in [2.45, 2.75) is 23.8 Å². The molecule has 0 saturated carbocycles. The van der Waals surface area contributed by atoms with Gasteiger partial charge in [-0.1, -0.05) is 12.1 Å². The second-order valence-corrected chi connectivity index (χ2v) is 4.82. The van der Waals surface area contributed by atoms with E-state index >= 15 is 0 Å². The molecule has 1 aromatic carbocycles. The summed E-state index contributed by atoms with van der Waals surface area (Å²) in [6.45, 7) is 3.28. The summed E-state index contributed by atoms with van der Waals surface area (Å²) < 4.78 is 5.29. The van der Waals surface area contributed by atoms with Crippen LogP contribution >= 0.6 is 12.6 Å². The molecule has 1 N–H and O–H groups in total. The summed E-state index contributed by atoms with van der Waals surface area (Å²) in [4.78, 5) is 12.7. The number of nitrogens with one attached hydrogen (secondary N) is 1. The van der Waals surface area contributed by atoms with Gasteiger partial charge in [0.25, 0.3) is 5.91 Å². The molecule has 0 radical (unpaired) electrons. The third kappa shape index (κ3) is 2.39. The van der Waals surface area contributed by atoms with Gasteiger partial charge in [-0.3, -0.25) is 4.79 Å². The van der Waals surface area contributed by atoms with E-state index < -0.39 is 0 Å². The topological polar surface area (TPSA) is 38.3 Å². The summed E-state index contributed by atoms with van der Waals surface area (Å²) in [7, 11) is 0. The second kappa shape index (κ2) is 4.47. The van der Waals surface area contributed by atoms with E-state index in [1.165, 1.54) is 0 Å². The zero-order valence-corrected chi connectivity index (χ0v) is 10.1. The highest BCUT2D eigenvalue weighted by Crippen LogP contribution is 2.20. The quantitative estimate of drug-likeness (QED) is 0.771. The molecule has 4 heteroatoms. The van der Waals surface area contributed by atoms with Crippen LogP contribution in [0.4, 0.5) is 0 Å². The molecule has 1 unspecified atom stereocenters. The Bertz CT molecular complexity index is 400. The standard InChI is InChI=1S/C12H15NO2S/c1-12(6-7-15-8-12)13-11(14)9-4-2-3-5-10(9)16/h2-5,16H,6-8H2,1H3,(H,13,14). The first-order valence-corrected chi connectivity index (χ1v) is 5.74. The molecule has 86 valence electrons. The molecule has 1 aliphatic rings. The summed E-state index contributed by atoms with van der Waals surface area (Å²) >= 11 is 4.27.